The Morgan fingerprint density at radius 2 is 1.75 bits per heavy atom. The molecule has 7 heteroatoms. The first-order valence-corrected chi connectivity index (χ1v) is 8.47. The number of hydrogen-bond acceptors (Lipinski definition) is 3. The highest BCUT2D eigenvalue weighted by Crippen LogP contribution is 2.21. The molecule has 1 atom stereocenters. The van der Waals surface area contributed by atoms with E-state index >= 15 is 0 Å². The maximum Gasteiger partial charge on any atom is 0.270 e. The van der Waals surface area contributed by atoms with Crippen LogP contribution in [0.5, 0.6) is 0 Å². The Labute approximate surface area is 153 Å². The molecule has 0 aliphatic carbocycles. The minimum atomic E-state index is -0.394. The van der Waals surface area contributed by atoms with Crippen LogP contribution in [-0.2, 0) is 4.79 Å². The molecule has 5 nitrogen and oxygen atoms in total. The number of benzene rings is 2. The summed E-state index contributed by atoms with van der Waals surface area (Å²) >= 11 is 9.41. The zero-order valence-electron chi connectivity index (χ0n) is 13.0. The van der Waals surface area contributed by atoms with E-state index < -0.39 is 5.91 Å². The number of rotatable bonds is 5. The first kappa shape index (κ1) is 18.4. The number of amides is 2. The third kappa shape index (κ3) is 5.06. The monoisotopic (exact) mass is 409 g/mol. The predicted octanol–water partition coefficient (Wildman–Crippen LogP) is 3.21. The average Bonchev–Trinajstić information content (AvgIpc) is 2.58. The number of carbonyl (C=O) groups is 2. The summed E-state index contributed by atoms with van der Waals surface area (Å²) in [6.07, 6.45) is 0. The molecule has 0 bridgehead atoms. The Morgan fingerprint density at radius 1 is 1.08 bits per heavy atom. The Bertz CT molecular complexity index is 739. The van der Waals surface area contributed by atoms with Gasteiger partial charge in [-0.15, -0.1) is 0 Å². The van der Waals surface area contributed by atoms with E-state index in [9.17, 15) is 9.59 Å². The van der Waals surface area contributed by atoms with Crippen molar-refractivity contribution in [2.45, 2.75) is 13.0 Å². The van der Waals surface area contributed by atoms with E-state index in [1.165, 1.54) is 0 Å². The molecule has 2 aromatic rings. The molecule has 0 saturated carbocycles. The fourth-order valence-corrected chi connectivity index (χ4v) is 2.83. The summed E-state index contributed by atoms with van der Waals surface area (Å²) < 4.78 is 0.655. The van der Waals surface area contributed by atoms with Crippen molar-refractivity contribution in [1.29, 1.82) is 0 Å². The normalized spacial score (nSPS) is 11.6. The molecule has 0 aliphatic rings. The largest absolute Gasteiger partial charge is 0.302 e. The Hall–Kier alpha value is -1.89. The summed E-state index contributed by atoms with van der Waals surface area (Å²) in [6.45, 7) is 1.96. The van der Waals surface area contributed by atoms with Crippen LogP contribution in [0.15, 0.2) is 53.0 Å². The van der Waals surface area contributed by atoms with Gasteiger partial charge in [-0.2, -0.15) is 0 Å². The fraction of sp³-hybridized carbons (Fsp3) is 0.176. The van der Waals surface area contributed by atoms with Crippen LogP contribution in [0, 0.1) is 0 Å². The molecule has 2 rings (SSSR count). The number of nitrogens with one attached hydrogen (secondary N) is 3. The van der Waals surface area contributed by atoms with Gasteiger partial charge in [0.1, 0.15) is 0 Å². The minimum absolute atomic E-state index is 0.0443. The topological polar surface area (TPSA) is 70.2 Å². The van der Waals surface area contributed by atoms with E-state index in [4.69, 9.17) is 11.6 Å². The van der Waals surface area contributed by atoms with Gasteiger partial charge >= 0.3 is 0 Å². The highest BCUT2D eigenvalue weighted by atomic mass is 79.9. The van der Waals surface area contributed by atoms with Crippen LogP contribution < -0.4 is 16.2 Å². The van der Waals surface area contributed by atoms with Gasteiger partial charge < -0.3 is 5.32 Å². The van der Waals surface area contributed by atoms with Gasteiger partial charge in [0, 0.05) is 15.5 Å². The van der Waals surface area contributed by atoms with Crippen LogP contribution in [0.1, 0.15) is 28.9 Å². The number of carbonyl (C=O) groups excluding carboxylic acids is 2. The third-order valence-electron chi connectivity index (χ3n) is 3.37. The second kappa shape index (κ2) is 8.82. The van der Waals surface area contributed by atoms with E-state index in [0.29, 0.717) is 15.1 Å². The third-order valence-corrected chi connectivity index (χ3v) is 4.41. The van der Waals surface area contributed by atoms with Gasteiger partial charge in [0.2, 0.25) is 0 Å². The molecule has 24 heavy (non-hydrogen) atoms. The molecule has 0 aliphatic heterocycles. The van der Waals surface area contributed by atoms with Crippen molar-refractivity contribution in [3.05, 3.63) is 69.2 Å². The first-order chi connectivity index (χ1) is 11.5. The summed E-state index contributed by atoms with van der Waals surface area (Å²) in [7, 11) is 0. The quantitative estimate of drug-likeness (QED) is 0.663. The first-order valence-electron chi connectivity index (χ1n) is 7.30. The summed E-state index contributed by atoms with van der Waals surface area (Å²) in [6, 6.07) is 14.3. The van der Waals surface area contributed by atoms with Crippen molar-refractivity contribution in [2.75, 3.05) is 6.54 Å². The van der Waals surface area contributed by atoms with Crippen molar-refractivity contribution in [3.8, 4) is 0 Å². The SMILES string of the molecule is C[C@@H](NCC(=O)NNC(=O)c1ccccc1Br)c1ccccc1Cl. The highest BCUT2D eigenvalue weighted by Gasteiger charge is 2.12. The maximum absolute atomic E-state index is 12.0. The van der Waals surface area contributed by atoms with Crippen molar-refractivity contribution >= 4 is 39.3 Å². The van der Waals surface area contributed by atoms with Crippen molar-refractivity contribution in [1.82, 2.24) is 16.2 Å². The van der Waals surface area contributed by atoms with E-state index in [2.05, 4.69) is 32.1 Å². The van der Waals surface area contributed by atoms with Crippen LogP contribution in [-0.4, -0.2) is 18.4 Å². The van der Waals surface area contributed by atoms with Gasteiger partial charge in [-0.3, -0.25) is 20.4 Å². The van der Waals surface area contributed by atoms with E-state index in [1.807, 2.05) is 25.1 Å². The summed E-state index contributed by atoms with van der Waals surface area (Å²) in [5.41, 5.74) is 6.10. The van der Waals surface area contributed by atoms with Crippen LogP contribution in [0.25, 0.3) is 0 Å². The lowest BCUT2D eigenvalue weighted by Crippen LogP contribution is -2.45. The van der Waals surface area contributed by atoms with Crippen LogP contribution in [0.4, 0.5) is 0 Å². The van der Waals surface area contributed by atoms with E-state index in [0.717, 1.165) is 5.56 Å². The zero-order valence-corrected chi connectivity index (χ0v) is 15.3. The van der Waals surface area contributed by atoms with Crippen LogP contribution >= 0.6 is 27.5 Å². The second-order valence-electron chi connectivity index (χ2n) is 5.11. The molecule has 0 saturated heterocycles. The van der Waals surface area contributed by atoms with Crippen LogP contribution in [0.3, 0.4) is 0 Å². The molecule has 0 unspecified atom stereocenters. The zero-order chi connectivity index (χ0) is 17.5. The second-order valence-corrected chi connectivity index (χ2v) is 6.37. The highest BCUT2D eigenvalue weighted by molar-refractivity contribution is 9.10. The summed E-state index contributed by atoms with van der Waals surface area (Å²) in [5, 5.41) is 3.70. The molecule has 0 radical (unpaired) electrons. The van der Waals surface area contributed by atoms with Gasteiger partial charge in [-0.05, 0) is 46.6 Å². The molecule has 0 fully saturated rings. The van der Waals surface area contributed by atoms with E-state index in [-0.39, 0.29) is 18.5 Å². The number of hydrogen-bond donors (Lipinski definition) is 3. The molecule has 0 aromatic heterocycles. The van der Waals surface area contributed by atoms with Gasteiger partial charge in [-0.25, -0.2) is 0 Å². The number of halogens is 2. The maximum atomic E-state index is 12.0. The molecule has 0 spiro atoms. The molecular weight excluding hydrogens is 394 g/mol. The van der Waals surface area contributed by atoms with Crippen molar-refractivity contribution in [2.24, 2.45) is 0 Å². The lowest BCUT2D eigenvalue weighted by atomic mass is 10.1. The predicted molar refractivity (Wildman–Crippen MR) is 97.6 cm³/mol. The molecule has 2 amide bonds. The lowest BCUT2D eigenvalue weighted by molar-refractivity contribution is -0.121. The summed E-state index contributed by atoms with van der Waals surface area (Å²) in [4.78, 5) is 23.8. The lowest BCUT2D eigenvalue weighted by Gasteiger charge is -2.15. The minimum Gasteiger partial charge on any atom is -0.302 e. The molecule has 2 aromatic carbocycles. The summed E-state index contributed by atoms with van der Waals surface area (Å²) in [5.74, 6) is -0.746. The van der Waals surface area contributed by atoms with Crippen molar-refractivity contribution < 1.29 is 9.59 Å². The molecule has 3 N–H and O–H groups in total. The van der Waals surface area contributed by atoms with Crippen molar-refractivity contribution in [3.63, 3.8) is 0 Å². The van der Waals surface area contributed by atoms with Crippen LogP contribution in [0.2, 0.25) is 5.02 Å². The standard InChI is InChI=1S/C17H17BrClN3O2/c1-11(12-6-3-5-9-15(12)19)20-10-16(23)21-22-17(24)13-7-2-4-8-14(13)18/h2-9,11,20H,10H2,1H3,(H,21,23)(H,22,24)/t11-/m1/s1. The van der Waals surface area contributed by atoms with E-state index in [1.54, 1.807) is 30.3 Å². The molecule has 0 heterocycles. The number of hydrazine groups is 1. The average molecular weight is 411 g/mol. The van der Waals surface area contributed by atoms with Gasteiger partial charge in [0.25, 0.3) is 11.8 Å². The molecule has 126 valence electrons. The van der Waals surface area contributed by atoms with Gasteiger partial charge in [0.05, 0.1) is 12.1 Å². The molecular formula is C17H17BrClN3O2. The Morgan fingerprint density at radius 3 is 2.46 bits per heavy atom. The van der Waals surface area contributed by atoms with Gasteiger partial charge in [-0.1, -0.05) is 41.9 Å². The fourth-order valence-electron chi connectivity index (χ4n) is 2.07. The smallest absolute Gasteiger partial charge is 0.270 e. The Balaban J connectivity index is 1.81. The van der Waals surface area contributed by atoms with Gasteiger partial charge in [0.15, 0.2) is 0 Å². The Kier molecular flexibility index (Phi) is 6.78.